The fraction of sp³-hybridized carbons (Fsp3) is 0.412. The van der Waals surface area contributed by atoms with Crippen molar-refractivity contribution in [3.63, 3.8) is 0 Å². The third kappa shape index (κ3) is 5.25. The minimum absolute atomic E-state index is 0.465. The SMILES string of the molecule is CN=C(NCc1ccc(OC)cc1)NCc1nc(C(C)C)cs1. The molecule has 0 unspecified atom stereocenters. The number of methoxy groups -OCH3 is 1. The average molecular weight is 332 g/mol. The van der Waals surface area contributed by atoms with Gasteiger partial charge in [0.2, 0.25) is 0 Å². The minimum atomic E-state index is 0.465. The maximum Gasteiger partial charge on any atom is 0.191 e. The molecule has 2 N–H and O–H groups in total. The maximum absolute atomic E-state index is 5.16. The number of hydrogen-bond acceptors (Lipinski definition) is 4. The molecule has 0 saturated heterocycles. The predicted octanol–water partition coefficient (Wildman–Crippen LogP) is 3.14. The summed E-state index contributed by atoms with van der Waals surface area (Å²) in [6, 6.07) is 7.98. The predicted molar refractivity (Wildman–Crippen MR) is 96.2 cm³/mol. The van der Waals surface area contributed by atoms with Crippen LogP contribution < -0.4 is 15.4 Å². The molecule has 124 valence electrons. The summed E-state index contributed by atoms with van der Waals surface area (Å²) in [6.45, 7) is 5.70. The molecule has 1 aromatic carbocycles. The molecule has 0 saturated carbocycles. The molecule has 0 fully saturated rings. The molecule has 2 aromatic rings. The lowest BCUT2D eigenvalue weighted by molar-refractivity contribution is 0.414. The fourth-order valence-corrected chi connectivity index (χ4v) is 2.88. The molecule has 0 aliphatic heterocycles. The van der Waals surface area contributed by atoms with Crippen LogP contribution in [0.2, 0.25) is 0 Å². The Kier molecular flexibility index (Phi) is 6.40. The monoisotopic (exact) mass is 332 g/mol. The van der Waals surface area contributed by atoms with E-state index in [-0.39, 0.29) is 0 Å². The normalized spacial score (nSPS) is 11.6. The van der Waals surface area contributed by atoms with Gasteiger partial charge in [-0.05, 0) is 23.6 Å². The van der Waals surface area contributed by atoms with Crippen LogP contribution >= 0.6 is 11.3 Å². The number of nitrogens with one attached hydrogen (secondary N) is 2. The summed E-state index contributed by atoms with van der Waals surface area (Å²) < 4.78 is 5.16. The highest BCUT2D eigenvalue weighted by Gasteiger charge is 2.06. The zero-order valence-corrected chi connectivity index (χ0v) is 14.9. The second-order valence-corrected chi connectivity index (χ2v) is 6.39. The second-order valence-electron chi connectivity index (χ2n) is 5.45. The van der Waals surface area contributed by atoms with Crippen LogP contribution in [0.4, 0.5) is 0 Å². The average Bonchev–Trinajstić information content (AvgIpc) is 3.05. The van der Waals surface area contributed by atoms with E-state index in [0.29, 0.717) is 19.0 Å². The Morgan fingerprint density at radius 2 is 1.91 bits per heavy atom. The van der Waals surface area contributed by atoms with Crippen molar-refractivity contribution in [1.29, 1.82) is 0 Å². The van der Waals surface area contributed by atoms with Crippen molar-refractivity contribution in [2.24, 2.45) is 4.99 Å². The van der Waals surface area contributed by atoms with Crippen LogP contribution in [-0.4, -0.2) is 25.1 Å². The summed E-state index contributed by atoms with van der Waals surface area (Å²) in [5.74, 6) is 2.09. The van der Waals surface area contributed by atoms with Gasteiger partial charge in [0.1, 0.15) is 10.8 Å². The summed E-state index contributed by atoms with van der Waals surface area (Å²) in [7, 11) is 3.44. The fourth-order valence-electron chi connectivity index (χ4n) is 1.98. The van der Waals surface area contributed by atoms with Crippen LogP contribution in [0.3, 0.4) is 0 Å². The van der Waals surface area contributed by atoms with Crippen molar-refractivity contribution in [3.05, 3.63) is 45.9 Å². The van der Waals surface area contributed by atoms with E-state index >= 15 is 0 Å². The van der Waals surface area contributed by atoms with E-state index in [1.54, 1.807) is 25.5 Å². The van der Waals surface area contributed by atoms with Gasteiger partial charge in [-0.3, -0.25) is 4.99 Å². The molecular weight excluding hydrogens is 308 g/mol. The molecule has 0 aliphatic rings. The number of thiazole rings is 1. The van der Waals surface area contributed by atoms with Crippen molar-refractivity contribution in [1.82, 2.24) is 15.6 Å². The summed E-state index contributed by atoms with van der Waals surface area (Å²) in [6.07, 6.45) is 0. The number of hydrogen-bond donors (Lipinski definition) is 2. The molecule has 0 spiro atoms. The van der Waals surface area contributed by atoms with Crippen molar-refractivity contribution in [2.45, 2.75) is 32.9 Å². The molecule has 1 aromatic heterocycles. The Labute approximate surface area is 141 Å². The van der Waals surface area contributed by atoms with Crippen LogP contribution in [0.25, 0.3) is 0 Å². The lowest BCUT2D eigenvalue weighted by Crippen LogP contribution is -2.36. The Bertz CT molecular complexity index is 634. The van der Waals surface area contributed by atoms with Gasteiger partial charge in [0.25, 0.3) is 0 Å². The first-order valence-electron chi connectivity index (χ1n) is 7.64. The molecule has 0 amide bonds. The molecule has 2 rings (SSSR count). The van der Waals surface area contributed by atoms with E-state index in [1.165, 1.54) is 5.56 Å². The molecule has 0 atom stereocenters. The number of benzene rings is 1. The number of ether oxygens (including phenoxy) is 1. The van der Waals surface area contributed by atoms with E-state index in [4.69, 9.17) is 4.74 Å². The number of guanidine groups is 1. The maximum atomic E-state index is 5.16. The first-order valence-corrected chi connectivity index (χ1v) is 8.52. The van der Waals surface area contributed by atoms with Gasteiger partial charge in [-0.1, -0.05) is 26.0 Å². The van der Waals surface area contributed by atoms with Gasteiger partial charge in [-0.15, -0.1) is 11.3 Å². The number of rotatable bonds is 6. The Balaban J connectivity index is 1.82. The van der Waals surface area contributed by atoms with Crippen molar-refractivity contribution in [2.75, 3.05) is 14.2 Å². The van der Waals surface area contributed by atoms with Gasteiger partial charge in [0.15, 0.2) is 5.96 Å². The largest absolute Gasteiger partial charge is 0.497 e. The third-order valence-electron chi connectivity index (χ3n) is 3.41. The van der Waals surface area contributed by atoms with Crippen molar-refractivity contribution >= 4 is 17.3 Å². The van der Waals surface area contributed by atoms with E-state index in [0.717, 1.165) is 22.4 Å². The first kappa shape index (κ1) is 17.3. The van der Waals surface area contributed by atoms with Crippen LogP contribution in [-0.2, 0) is 13.1 Å². The van der Waals surface area contributed by atoms with Crippen LogP contribution in [0.1, 0.15) is 36.0 Å². The highest BCUT2D eigenvalue weighted by Crippen LogP contribution is 2.17. The minimum Gasteiger partial charge on any atom is -0.497 e. The molecule has 23 heavy (non-hydrogen) atoms. The summed E-state index contributed by atoms with van der Waals surface area (Å²) in [5.41, 5.74) is 2.32. The third-order valence-corrected chi connectivity index (χ3v) is 4.28. The van der Waals surface area contributed by atoms with E-state index in [1.807, 2.05) is 24.3 Å². The molecule has 0 aliphatic carbocycles. The van der Waals surface area contributed by atoms with Gasteiger partial charge in [0.05, 0.1) is 19.3 Å². The van der Waals surface area contributed by atoms with E-state index < -0.39 is 0 Å². The second kappa shape index (κ2) is 8.53. The standard InChI is InChI=1S/C17H24N4OS/c1-12(2)15-11-23-16(21-15)10-20-17(18-3)19-9-13-5-7-14(22-4)8-6-13/h5-8,11-12H,9-10H2,1-4H3,(H2,18,19,20). The molecular formula is C17H24N4OS. The molecule has 5 nitrogen and oxygen atoms in total. The summed E-state index contributed by atoms with van der Waals surface area (Å²) in [5, 5.41) is 9.78. The highest BCUT2D eigenvalue weighted by atomic mass is 32.1. The molecule has 0 radical (unpaired) electrons. The van der Waals surface area contributed by atoms with E-state index in [2.05, 4.69) is 39.8 Å². The van der Waals surface area contributed by atoms with Gasteiger partial charge in [-0.2, -0.15) is 0 Å². The van der Waals surface area contributed by atoms with Gasteiger partial charge in [0, 0.05) is 19.0 Å². The van der Waals surface area contributed by atoms with Gasteiger partial charge < -0.3 is 15.4 Å². The molecule has 0 bridgehead atoms. The first-order chi connectivity index (χ1) is 11.1. The lowest BCUT2D eigenvalue weighted by atomic mass is 10.2. The highest BCUT2D eigenvalue weighted by molar-refractivity contribution is 7.09. The summed E-state index contributed by atoms with van der Waals surface area (Å²) in [4.78, 5) is 8.85. The quantitative estimate of drug-likeness (QED) is 0.630. The van der Waals surface area contributed by atoms with Crippen molar-refractivity contribution in [3.8, 4) is 5.75 Å². The Morgan fingerprint density at radius 3 is 2.48 bits per heavy atom. The topological polar surface area (TPSA) is 58.5 Å². The number of nitrogens with zero attached hydrogens (tertiary/aromatic N) is 2. The number of aliphatic imine (C=N–C) groups is 1. The smallest absolute Gasteiger partial charge is 0.191 e. The van der Waals surface area contributed by atoms with Crippen LogP contribution in [0.5, 0.6) is 5.75 Å². The lowest BCUT2D eigenvalue weighted by Gasteiger charge is -2.11. The number of aromatic nitrogens is 1. The zero-order chi connectivity index (χ0) is 16.7. The molecule has 6 heteroatoms. The molecule has 1 heterocycles. The Morgan fingerprint density at radius 1 is 1.22 bits per heavy atom. The van der Waals surface area contributed by atoms with Gasteiger partial charge >= 0.3 is 0 Å². The van der Waals surface area contributed by atoms with Gasteiger partial charge in [-0.25, -0.2) is 4.98 Å². The van der Waals surface area contributed by atoms with E-state index in [9.17, 15) is 0 Å². The summed E-state index contributed by atoms with van der Waals surface area (Å²) >= 11 is 1.68. The van der Waals surface area contributed by atoms with Crippen LogP contribution in [0.15, 0.2) is 34.6 Å². The van der Waals surface area contributed by atoms with Crippen molar-refractivity contribution < 1.29 is 4.74 Å². The zero-order valence-electron chi connectivity index (χ0n) is 14.1. The Hall–Kier alpha value is -2.08. The van der Waals surface area contributed by atoms with Crippen LogP contribution in [0, 0.1) is 0 Å².